The molecule has 1 amide bonds. The van der Waals surface area contributed by atoms with E-state index in [1.165, 1.54) is 3.57 Å². The van der Waals surface area contributed by atoms with Crippen LogP contribution in [0.2, 0.25) is 0 Å². The maximum Gasteiger partial charge on any atom is 0.262 e. The third-order valence-electron chi connectivity index (χ3n) is 3.34. The molecule has 6 heteroatoms. The van der Waals surface area contributed by atoms with Crippen molar-refractivity contribution in [2.24, 2.45) is 5.10 Å². The quantitative estimate of drug-likeness (QED) is 0.427. The summed E-state index contributed by atoms with van der Waals surface area (Å²) in [7, 11) is 0. The Labute approximate surface area is 149 Å². The Bertz CT molecular complexity index is 688. The Morgan fingerprint density at radius 3 is 2.74 bits per heavy atom. The van der Waals surface area contributed by atoms with Gasteiger partial charge in [-0.05, 0) is 77.4 Å². The zero-order valence-electron chi connectivity index (χ0n) is 13.1. The number of nitrogens with one attached hydrogen (secondary N) is 2. The number of aromatic nitrogens is 1. The van der Waals surface area contributed by atoms with Gasteiger partial charge in [-0.15, -0.1) is 0 Å². The first-order chi connectivity index (χ1) is 11.1. The fraction of sp³-hybridized carbons (Fsp3) is 0.235. The van der Waals surface area contributed by atoms with Gasteiger partial charge in [0.15, 0.2) is 0 Å². The molecule has 0 aliphatic heterocycles. The van der Waals surface area contributed by atoms with Crippen LogP contribution < -0.4 is 10.7 Å². The number of anilines is 1. The number of aryl methyl sites for hydroxylation is 1. The number of carbonyl (C=O) groups excluding carboxylic acids is 1. The van der Waals surface area contributed by atoms with Crippen LogP contribution in [-0.2, 0) is 4.79 Å². The highest BCUT2D eigenvalue weighted by molar-refractivity contribution is 14.1. The monoisotopic (exact) mass is 422 g/mol. The van der Waals surface area contributed by atoms with E-state index < -0.39 is 0 Å². The number of amides is 1. The highest BCUT2D eigenvalue weighted by Gasteiger charge is 2.16. The van der Waals surface area contributed by atoms with Crippen LogP contribution in [0, 0.1) is 10.5 Å². The van der Waals surface area contributed by atoms with Gasteiger partial charge in [-0.3, -0.25) is 9.78 Å². The fourth-order valence-corrected chi connectivity index (χ4v) is 2.67. The second-order valence-electron chi connectivity index (χ2n) is 5.08. The average molecular weight is 422 g/mol. The molecular formula is C17H19IN4O. The normalized spacial score (nSPS) is 12.1. The molecule has 0 aliphatic rings. The van der Waals surface area contributed by atoms with E-state index in [1.54, 1.807) is 18.6 Å². The van der Waals surface area contributed by atoms with Crippen molar-refractivity contribution < 1.29 is 4.79 Å². The van der Waals surface area contributed by atoms with E-state index in [1.807, 2.05) is 38.1 Å². The summed E-state index contributed by atoms with van der Waals surface area (Å²) >= 11 is 2.27. The molecule has 2 aromatic rings. The molecule has 23 heavy (non-hydrogen) atoms. The summed E-state index contributed by atoms with van der Waals surface area (Å²) in [4.78, 5) is 16.2. The summed E-state index contributed by atoms with van der Waals surface area (Å²) < 4.78 is 1.17. The van der Waals surface area contributed by atoms with Gasteiger partial charge in [-0.1, -0.05) is 6.92 Å². The highest BCUT2D eigenvalue weighted by atomic mass is 127. The minimum atomic E-state index is -0.330. The van der Waals surface area contributed by atoms with Gasteiger partial charge in [-0.2, -0.15) is 5.10 Å². The van der Waals surface area contributed by atoms with Crippen molar-refractivity contribution in [3.8, 4) is 0 Å². The van der Waals surface area contributed by atoms with Gasteiger partial charge in [-0.25, -0.2) is 5.43 Å². The molecule has 2 rings (SSSR count). The van der Waals surface area contributed by atoms with E-state index in [-0.39, 0.29) is 11.9 Å². The number of benzene rings is 1. The predicted octanol–water partition coefficient (Wildman–Crippen LogP) is 3.34. The Hall–Kier alpha value is -1.96. The van der Waals surface area contributed by atoms with Crippen LogP contribution in [0.25, 0.3) is 0 Å². The topological polar surface area (TPSA) is 66.4 Å². The van der Waals surface area contributed by atoms with Gasteiger partial charge >= 0.3 is 0 Å². The number of hydrogen-bond acceptors (Lipinski definition) is 4. The summed E-state index contributed by atoms with van der Waals surface area (Å²) in [5.74, 6) is -0.157. The van der Waals surface area contributed by atoms with E-state index in [2.05, 4.69) is 49.5 Å². The lowest BCUT2D eigenvalue weighted by molar-refractivity contribution is -0.121. The molecule has 0 saturated carbocycles. The Morgan fingerprint density at radius 2 is 2.09 bits per heavy atom. The first-order valence-electron chi connectivity index (χ1n) is 7.35. The highest BCUT2D eigenvalue weighted by Crippen LogP contribution is 2.19. The maximum atomic E-state index is 12.2. The second kappa shape index (κ2) is 8.61. The van der Waals surface area contributed by atoms with Crippen molar-refractivity contribution in [3.63, 3.8) is 0 Å². The molecule has 0 bridgehead atoms. The third kappa shape index (κ3) is 5.31. The molecule has 0 radical (unpaired) electrons. The van der Waals surface area contributed by atoms with Gasteiger partial charge < -0.3 is 5.32 Å². The van der Waals surface area contributed by atoms with Crippen LogP contribution in [0.1, 0.15) is 24.5 Å². The van der Waals surface area contributed by atoms with Crippen LogP contribution in [0.3, 0.4) is 0 Å². The second-order valence-corrected chi connectivity index (χ2v) is 6.32. The van der Waals surface area contributed by atoms with Gasteiger partial charge in [0, 0.05) is 21.7 Å². The van der Waals surface area contributed by atoms with Gasteiger partial charge in [0.05, 0.1) is 6.21 Å². The van der Waals surface area contributed by atoms with Crippen molar-refractivity contribution in [2.45, 2.75) is 26.3 Å². The van der Waals surface area contributed by atoms with Crippen LogP contribution in [-0.4, -0.2) is 23.1 Å². The lowest BCUT2D eigenvalue weighted by Gasteiger charge is -2.18. The minimum Gasteiger partial charge on any atom is -0.373 e. The summed E-state index contributed by atoms with van der Waals surface area (Å²) in [6, 6.07) is 9.40. The molecule has 2 N–H and O–H groups in total. The zero-order valence-corrected chi connectivity index (χ0v) is 15.2. The molecular weight excluding hydrogens is 403 g/mol. The Kier molecular flexibility index (Phi) is 6.52. The molecule has 0 fully saturated rings. The zero-order chi connectivity index (χ0) is 16.7. The van der Waals surface area contributed by atoms with Crippen LogP contribution in [0.4, 0.5) is 5.69 Å². The SMILES string of the molecule is CC[C@@H](Nc1ccc(I)cc1C)C(=O)N/N=C\c1ccncc1. The third-order valence-corrected chi connectivity index (χ3v) is 4.01. The smallest absolute Gasteiger partial charge is 0.262 e. The van der Waals surface area contributed by atoms with Gasteiger partial charge in [0.1, 0.15) is 6.04 Å². The number of nitrogens with zero attached hydrogens (tertiary/aromatic N) is 2. The summed E-state index contributed by atoms with van der Waals surface area (Å²) in [5.41, 5.74) is 5.54. The molecule has 1 aromatic heterocycles. The lowest BCUT2D eigenvalue weighted by Crippen LogP contribution is -2.37. The maximum absolute atomic E-state index is 12.2. The lowest BCUT2D eigenvalue weighted by atomic mass is 10.1. The van der Waals surface area contributed by atoms with Crippen molar-refractivity contribution in [3.05, 3.63) is 57.4 Å². The van der Waals surface area contributed by atoms with E-state index >= 15 is 0 Å². The Morgan fingerprint density at radius 1 is 1.35 bits per heavy atom. The van der Waals surface area contributed by atoms with Gasteiger partial charge in [0.25, 0.3) is 5.91 Å². The van der Waals surface area contributed by atoms with Crippen LogP contribution in [0.15, 0.2) is 47.8 Å². The first-order valence-corrected chi connectivity index (χ1v) is 8.43. The molecule has 1 heterocycles. The standard InChI is InChI=1S/C17H19IN4O/c1-3-15(21-16-5-4-14(18)10-12(16)2)17(23)22-20-11-13-6-8-19-9-7-13/h4-11,15,21H,3H2,1-2H3,(H,22,23)/b20-11-/t15-/m1/s1. The molecule has 1 aromatic carbocycles. The molecule has 0 aliphatic carbocycles. The van der Waals surface area contributed by atoms with Gasteiger partial charge in [0.2, 0.25) is 0 Å². The molecule has 0 spiro atoms. The minimum absolute atomic E-state index is 0.157. The van der Waals surface area contributed by atoms with Crippen molar-refractivity contribution in [2.75, 3.05) is 5.32 Å². The largest absolute Gasteiger partial charge is 0.373 e. The number of hydrogen-bond donors (Lipinski definition) is 2. The van der Waals surface area contributed by atoms with Crippen molar-refractivity contribution in [1.29, 1.82) is 0 Å². The first kappa shape index (κ1) is 17.4. The fourth-order valence-electron chi connectivity index (χ4n) is 2.03. The summed E-state index contributed by atoms with van der Waals surface area (Å²) in [5, 5.41) is 7.27. The summed E-state index contributed by atoms with van der Waals surface area (Å²) in [6.45, 7) is 3.99. The number of carbonyl (C=O) groups is 1. The van der Waals surface area contributed by atoms with E-state index in [0.29, 0.717) is 6.42 Å². The molecule has 120 valence electrons. The molecule has 0 unspecified atom stereocenters. The number of hydrazone groups is 1. The predicted molar refractivity (Wildman–Crippen MR) is 102 cm³/mol. The number of pyridine rings is 1. The number of halogens is 1. The number of rotatable bonds is 6. The van der Waals surface area contributed by atoms with Crippen LogP contribution >= 0.6 is 22.6 Å². The average Bonchev–Trinajstić information content (AvgIpc) is 2.55. The Balaban J connectivity index is 1.97. The summed E-state index contributed by atoms with van der Waals surface area (Å²) in [6.07, 6.45) is 5.63. The van der Waals surface area contributed by atoms with Crippen molar-refractivity contribution in [1.82, 2.24) is 10.4 Å². The molecule has 5 nitrogen and oxygen atoms in total. The molecule has 1 atom stereocenters. The van der Waals surface area contributed by atoms with Crippen LogP contribution in [0.5, 0.6) is 0 Å². The van der Waals surface area contributed by atoms with Crippen molar-refractivity contribution >= 4 is 40.4 Å². The van der Waals surface area contributed by atoms with E-state index in [9.17, 15) is 4.79 Å². The molecule has 0 saturated heterocycles. The van der Waals surface area contributed by atoms with E-state index in [4.69, 9.17) is 0 Å². The van der Waals surface area contributed by atoms with E-state index in [0.717, 1.165) is 16.8 Å².